The molecule has 2 aromatic heterocycles. The molecule has 0 radical (unpaired) electrons. The average Bonchev–Trinajstić information content (AvgIpc) is 3.04. The Kier molecular flexibility index (Phi) is 4.99. The van der Waals surface area contributed by atoms with Gasteiger partial charge in [0.25, 0.3) is 0 Å². The highest BCUT2D eigenvalue weighted by Gasteiger charge is 2.25. The SMILES string of the molecule is Cn1c(CO)nnc1C1CCN(Cc2cc(=O)c3cccc(Cl)c3[nH]2)CC1. The maximum atomic E-state index is 12.4. The lowest BCUT2D eigenvalue weighted by Crippen LogP contribution is -2.33. The molecule has 8 heteroatoms. The van der Waals surface area contributed by atoms with Crippen LogP contribution in [0.25, 0.3) is 10.9 Å². The minimum absolute atomic E-state index is 0.00764. The minimum atomic E-state index is -0.0970. The van der Waals surface area contributed by atoms with Crippen LogP contribution in [0, 0.1) is 0 Å². The standard InChI is InChI=1S/C19H22ClN5O2/c1-24-17(11-26)22-23-19(24)12-5-7-25(8-6-12)10-13-9-16(27)14-3-2-4-15(20)18(14)21-13/h2-4,9,12,26H,5-8,10-11H2,1H3,(H,21,27). The molecule has 0 amide bonds. The van der Waals surface area contributed by atoms with Crippen molar-refractivity contribution in [2.45, 2.75) is 31.9 Å². The van der Waals surface area contributed by atoms with E-state index in [2.05, 4.69) is 20.1 Å². The summed E-state index contributed by atoms with van der Waals surface area (Å²) in [7, 11) is 1.90. The van der Waals surface area contributed by atoms with E-state index in [9.17, 15) is 9.90 Å². The summed E-state index contributed by atoms with van der Waals surface area (Å²) in [5, 5.41) is 18.8. The fraction of sp³-hybridized carbons (Fsp3) is 0.421. The van der Waals surface area contributed by atoms with Crippen molar-refractivity contribution < 1.29 is 5.11 Å². The largest absolute Gasteiger partial charge is 0.388 e. The van der Waals surface area contributed by atoms with Crippen molar-refractivity contribution in [2.75, 3.05) is 13.1 Å². The molecular formula is C19H22ClN5O2. The molecule has 1 aromatic carbocycles. The van der Waals surface area contributed by atoms with E-state index in [1.165, 1.54) is 0 Å². The molecule has 0 spiro atoms. The number of aromatic amines is 1. The zero-order valence-corrected chi connectivity index (χ0v) is 15.9. The molecule has 0 bridgehead atoms. The molecule has 1 saturated heterocycles. The van der Waals surface area contributed by atoms with E-state index < -0.39 is 0 Å². The number of rotatable bonds is 4. The van der Waals surface area contributed by atoms with E-state index >= 15 is 0 Å². The first-order chi connectivity index (χ1) is 13.1. The normalized spacial score (nSPS) is 16.3. The van der Waals surface area contributed by atoms with Gasteiger partial charge in [-0.05, 0) is 38.1 Å². The van der Waals surface area contributed by atoms with Gasteiger partial charge in [0.2, 0.25) is 0 Å². The highest BCUT2D eigenvalue weighted by molar-refractivity contribution is 6.35. The molecule has 0 atom stereocenters. The summed E-state index contributed by atoms with van der Waals surface area (Å²) in [6, 6.07) is 7.04. The molecule has 1 fully saturated rings. The minimum Gasteiger partial charge on any atom is -0.388 e. The van der Waals surface area contributed by atoms with Crippen LogP contribution in [0.2, 0.25) is 5.02 Å². The number of H-pyrrole nitrogens is 1. The van der Waals surface area contributed by atoms with Crippen LogP contribution in [0.3, 0.4) is 0 Å². The van der Waals surface area contributed by atoms with E-state index in [1.807, 2.05) is 11.6 Å². The Bertz CT molecular complexity index is 1020. The summed E-state index contributed by atoms with van der Waals surface area (Å²) < 4.78 is 1.89. The lowest BCUT2D eigenvalue weighted by molar-refractivity contribution is 0.198. The van der Waals surface area contributed by atoms with Gasteiger partial charge in [-0.1, -0.05) is 17.7 Å². The third-order valence-electron chi connectivity index (χ3n) is 5.36. The summed E-state index contributed by atoms with van der Waals surface area (Å²) in [4.78, 5) is 18.0. The van der Waals surface area contributed by atoms with Crippen molar-refractivity contribution in [2.24, 2.45) is 7.05 Å². The number of aliphatic hydroxyl groups excluding tert-OH is 1. The zero-order chi connectivity index (χ0) is 19.0. The summed E-state index contributed by atoms with van der Waals surface area (Å²) in [6.45, 7) is 2.41. The Morgan fingerprint density at radius 2 is 2.07 bits per heavy atom. The van der Waals surface area contributed by atoms with E-state index in [1.54, 1.807) is 24.3 Å². The molecule has 0 aliphatic carbocycles. The first-order valence-electron chi connectivity index (χ1n) is 9.08. The lowest BCUT2D eigenvalue weighted by atomic mass is 9.96. The molecule has 1 aliphatic rings. The molecule has 3 heterocycles. The smallest absolute Gasteiger partial charge is 0.189 e. The number of para-hydroxylation sites is 1. The maximum absolute atomic E-state index is 12.4. The van der Waals surface area contributed by atoms with Crippen LogP contribution in [0.15, 0.2) is 29.1 Å². The van der Waals surface area contributed by atoms with Crippen LogP contribution < -0.4 is 5.43 Å². The number of hydrogen-bond acceptors (Lipinski definition) is 5. The second-order valence-corrected chi connectivity index (χ2v) is 7.47. The third kappa shape index (κ3) is 3.50. The van der Waals surface area contributed by atoms with Crippen LogP contribution in [-0.4, -0.2) is 42.8 Å². The summed E-state index contributed by atoms with van der Waals surface area (Å²) in [5.74, 6) is 1.87. The molecule has 0 unspecified atom stereocenters. The fourth-order valence-corrected chi connectivity index (χ4v) is 4.05. The predicted octanol–water partition coefficient (Wildman–Crippen LogP) is 2.18. The number of benzene rings is 1. The lowest BCUT2D eigenvalue weighted by Gasteiger charge is -2.31. The van der Waals surface area contributed by atoms with Crippen LogP contribution >= 0.6 is 11.6 Å². The van der Waals surface area contributed by atoms with E-state index in [0.717, 1.165) is 37.4 Å². The number of piperidine rings is 1. The number of aromatic nitrogens is 4. The predicted molar refractivity (Wildman–Crippen MR) is 104 cm³/mol. The third-order valence-corrected chi connectivity index (χ3v) is 5.67. The molecule has 0 saturated carbocycles. The van der Waals surface area contributed by atoms with Crippen molar-refractivity contribution in [3.05, 3.63) is 56.9 Å². The molecular weight excluding hydrogens is 366 g/mol. The second kappa shape index (κ2) is 7.42. The van der Waals surface area contributed by atoms with Gasteiger partial charge in [0, 0.05) is 36.7 Å². The Balaban J connectivity index is 1.46. The van der Waals surface area contributed by atoms with Gasteiger partial charge in [0.05, 0.1) is 10.5 Å². The highest BCUT2D eigenvalue weighted by Crippen LogP contribution is 2.27. The molecule has 7 nitrogen and oxygen atoms in total. The van der Waals surface area contributed by atoms with Gasteiger partial charge in [0.15, 0.2) is 11.3 Å². The molecule has 2 N–H and O–H groups in total. The van der Waals surface area contributed by atoms with Crippen LogP contribution in [0.1, 0.15) is 36.1 Å². The van der Waals surface area contributed by atoms with Crippen molar-refractivity contribution >= 4 is 22.5 Å². The number of nitrogens with one attached hydrogen (secondary N) is 1. The van der Waals surface area contributed by atoms with Crippen LogP contribution in [0.4, 0.5) is 0 Å². The Hall–Kier alpha value is -2.22. The zero-order valence-electron chi connectivity index (χ0n) is 15.2. The fourth-order valence-electron chi connectivity index (χ4n) is 3.83. The van der Waals surface area contributed by atoms with Gasteiger partial charge < -0.3 is 14.7 Å². The monoisotopic (exact) mass is 387 g/mol. The van der Waals surface area contributed by atoms with Gasteiger partial charge >= 0.3 is 0 Å². The van der Waals surface area contributed by atoms with Crippen molar-refractivity contribution in [1.29, 1.82) is 0 Å². The van der Waals surface area contributed by atoms with Gasteiger partial charge in [-0.3, -0.25) is 9.69 Å². The molecule has 3 aromatic rings. The maximum Gasteiger partial charge on any atom is 0.189 e. The first-order valence-corrected chi connectivity index (χ1v) is 9.46. The first kappa shape index (κ1) is 18.2. The number of halogens is 1. The molecule has 4 rings (SSSR count). The highest BCUT2D eigenvalue weighted by atomic mass is 35.5. The number of likely N-dealkylation sites (tertiary alicyclic amines) is 1. The number of fused-ring (bicyclic) bond motifs is 1. The number of aliphatic hydroxyl groups is 1. The quantitative estimate of drug-likeness (QED) is 0.716. The summed E-state index contributed by atoms with van der Waals surface area (Å²) >= 11 is 6.24. The molecule has 142 valence electrons. The van der Waals surface area contributed by atoms with Gasteiger partial charge in [-0.25, -0.2) is 0 Å². The Labute approximate surface area is 161 Å². The Morgan fingerprint density at radius 1 is 1.30 bits per heavy atom. The van der Waals surface area contributed by atoms with Crippen LogP contribution in [-0.2, 0) is 20.2 Å². The van der Waals surface area contributed by atoms with Gasteiger partial charge in [-0.15, -0.1) is 10.2 Å². The summed E-state index contributed by atoms with van der Waals surface area (Å²) in [6.07, 6.45) is 1.94. The van der Waals surface area contributed by atoms with E-state index in [-0.39, 0.29) is 12.0 Å². The average molecular weight is 388 g/mol. The molecule has 1 aliphatic heterocycles. The van der Waals surface area contributed by atoms with E-state index in [0.29, 0.717) is 34.2 Å². The number of hydrogen-bond donors (Lipinski definition) is 2. The Morgan fingerprint density at radius 3 is 2.78 bits per heavy atom. The number of pyridine rings is 1. The number of nitrogens with zero attached hydrogens (tertiary/aromatic N) is 4. The van der Waals surface area contributed by atoms with Gasteiger partial charge in [0.1, 0.15) is 12.4 Å². The van der Waals surface area contributed by atoms with E-state index in [4.69, 9.17) is 11.6 Å². The second-order valence-electron chi connectivity index (χ2n) is 7.06. The summed E-state index contributed by atoms with van der Waals surface area (Å²) in [5.41, 5.74) is 1.57. The van der Waals surface area contributed by atoms with Crippen molar-refractivity contribution in [1.82, 2.24) is 24.6 Å². The van der Waals surface area contributed by atoms with Crippen molar-refractivity contribution in [3.8, 4) is 0 Å². The molecule has 27 heavy (non-hydrogen) atoms. The van der Waals surface area contributed by atoms with Crippen LogP contribution in [0.5, 0.6) is 0 Å². The van der Waals surface area contributed by atoms with Gasteiger partial charge in [-0.2, -0.15) is 0 Å². The van der Waals surface area contributed by atoms with Crippen molar-refractivity contribution in [3.63, 3.8) is 0 Å². The topological polar surface area (TPSA) is 87.0 Å².